The highest BCUT2D eigenvalue weighted by atomic mass is 16.5. The van der Waals surface area contributed by atoms with Crippen LogP contribution in [0.1, 0.15) is 48.2 Å². The number of benzene rings is 1. The van der Waals surface area contributed by atoms with Crippen LogP contribution in [0.3, 0.4) is 0 Å². The number of carbonyl (C=O) groups excluding carboxylic acids is 1. The highest BCUT2D eigenvalue weighted by Crippen LogP contribution is 2.33. The van der Waals surface area contributed by atoms with Crippen molar-refractivity contribution in [3.63, 3.8) is 0 Å². The number of ether oxygens (including phenoxy) is 1. The first kappa shape index (κ1) is 16.8. The molecule has 2 aromatic rings. The minimum atomic E-state index is -0.606. The summed E-state index contributed by atoms with van der Waals surface area (Å²) < 4.78 is 11.0. The summed E-state index contributed by atoms with van der Waals surface area (Å²) in [7, 11) is 3.36. The van der Waals surface area contributed by atoms with Gasteiger partial charge in [0.25, 0.3) is 5.91 Å². The van der Waals surface area contributed by atoms with E-state index in [2.05, 4.69) is 0 Å². The van der Waals surface area contributed by atoms with Crippen LogP contribution in [0.15, 0.2) is 22.6 Å². The van der Waals surface area contributed by atoms with Crippen molar-refractivity contribution in [1.82, 2.24) is 4.90 Å². The molecule has 5 heteroatoms. The molecule has 0 spiro atoms. The number of methoxy groups -OCH3 is 1. The lowest BCUT2D eigenvalue weighted by atomic mass is 9.98. The molecule has 0 bridgehead atoms. The summed E-state index contributed by atoms with van der Waals surface area (Å²) in [5.41, 5.74) is 0.882. The number of hydrogen-bond acceptors (Lipinski definition) is 4. The number of aliphatic hydroxyl groups is 1. The van der Waals surface area contributed by atoms with Gasteiger partial charge in [-0.15, -0.1) is 0 Å². The van der Waals surface area contributed by atoms with Crippen molar-refractivity contribution in [2.45, 2.75) is 44.6 Å². The average molecular weight is 331 g/mol. The standard InChI is InChI=1S/C19H25NO4/c1-13-15-7-6-14(23-3)12-16(15)24-17(13)18(21)20(2)11-10-19(22)8-4-5-9-19/h6-7,12,22H,4-5,8-11H2,1-3H3. The van der Waals surface area contributed by atoms with Crippen LogP contribution in [0.25, 0.3) is 11.0 Å². The average Bonchev–Trinajstić information content (AvgIpc) is 3.16. The molecule has 1 fully saturated rings. The van der Waals surface area contributed by atoms with Crippen molar-refractivity contribution in [3.8, 4) is 5.75 Å². The molecule has 1 heterocycles. The maximum Gasteiger partial charge on any atom is 0.289 e. The first-order valence-corrected chi connectivity index (χ1v) is 8.48. The molecule has 24 heavy (non-hydrogen) atoms. The van der Waals surface area contributed by atoms with Gasteiger partial charge in [-0.1, -0.05) is 12.8 Å². The van der Waals surface area contributed by atoms with Crippen LogP contribution in [-0.2, 0) is 0 Å². The summed E-state index contributed by atoms with van der Waals surface area (Å²) in [5.74, 6) is 0.912. The number of furan rings is 1. The van der Waals surface area contributed by atoms with Gasteiger partial charge in [-0.25, -0.2) is 0 Å². The molecular formula is C19H25NO4. The molecule has 1 aromatic carbocycles. The zero-order valence-corrected chi connectivity index (χ0v) is 14.6. The van der Waals surface area contributed by atoms with Crippen LogP contribution >= 0.6 is 0 Å². The smallest absolute Gasteiger partial charge is 0.289 e. The van der Waals surface area contributed by atoms with Crippen molar-refractivity contribution >= 4 is 16.9 Å². The molecule has 0 unspecified atom stereocenters. The van der Waals surface area contributed by atoms with E-state index in [1.54, 1.807) is 25.1 Å². The number of carbonyl (C=O) groups is 1. The Labute approximate surface area is 142 Å². The predicted octanol–water partition coefficient (Wildman–Crippen LogP) is 3.52. The first-order valence-electron chi connectivity index (χ1n) is 8.48. The van der Waals surface area contributed by atoms with E-state index in [0.29, 0.717) is 30.1 Å². The molecule has 1 aromatic heterocycles. The lowest BCUT2D eigenvalue weighted by molar-refractivity contribution is 0.0291. The van der Waals surface area contributed by atoms with Crippen LogP contribution in [0.2, 0.25) is 0 Å². The van der Waals surface area contributed by atoms with E-state index in [4.69, 9.17) is 9.15 Å². The van der Waals surface area contributed by atoms with E-state index in [1.165, 1.54) is 0 Å². The highest BCUT2D eigenvalue weighted by molar-refractivity contribution is 5.99. The van der Waals surface area contributed by atoms with Crippen LogP contribution in [0, 0.1) is 6.92 Å². The summed E-state index contributed by atoms with van der Waals surface area (Å²) in [6.07, 6.45) is 4.41. The van der Waals surface area contributed by atoms with Gasteiger partial charge >= 0.3 is 0 Å². The van der Waals surface area contributed by atoms with E-state index >= 15 is 0 Å². The summed E-state index contributed by atoms with van der Waals surface area (Å²) in [6, 6.07) is 5.56. The number of amides is 1. The Morgan fingerprint density at radius 1 is 1.38 bits per heavy atom. The number of fused-ring (bicyclic) bond motifs is 1. The molecule has 0 aliphatic heterocycles. The van der Waals surface area contributed by atoms with E-state index in [-0.39, 0.29) is 5.91 Å². The van der Waals surface area contributed by atoms with Gasteiger partial charge in [0.2, 0.25) is 0 Å². The van der Waals surface area contributed by atoms with Crippen molar-refractivity contribution in [3.05, 3.63) is 29.5 Å². The van der Waals surface area contributed by atoms with Gasteiger partial charge in [0, 0.05) is 30.6 Å². The third-order valence-electron chi connectivity index (χ3n) is 5.13. The van der Waals surface area contributed by atoms with Crippen LogP contribution in [0.5, 0.6) is 5.75 Å². The minimum Gasteiger partial charge on any atom is -0.497 e. The highest BCUT2D eigenvalue weighted by Gasteiger charge is 2.32. The van der Waals surface area contributed by atoms with Crippen molar-refractivity contribution in [1.29, 1.82) is 0 Å². The molecule has 1 aliphatic carbocycles. The largest absolute Gasteiger partial charge is 0.497 e. The molecule has 0 atom stereocenters. The zero-order chi connectivity index (χ0) is 17.3. The topological polar surface area (TPSA) is 62.9 Å². The SMILES string of the molecule is COc1ccc2c(C)c(C(=O)N(C)CCC3(O)CCCC3)oc2c1. The maximum absolute atomic E-state index is 12.7. The summed E-state index contributed by atoms with van der Waals surface area (Å²) in [6.45, 7) is 2.42. The Bertz CT molecular complexity index is 743. The summed E-state index contributed by atoms with van der Waals surface area (Å²) in [4.78, 5) is 14.4. The van der Waals surface area contributed by atoms with E-state index in [9.17, 15) is 9.90 Å². The van der Waals surface area contributed by atoms with Gasteiger partial charge in [-0.05, 0) is 38.3 Å². The Balaban J connectivity index is 1.76. The minimum absolute atomic E-state index is 0.149. The van der Waals surface area contributed by atoms with Crippen molar-refractivity contribution in [2.24, 2.45) is 0 Å². The zero-order valence-electron chi connectivity index (χ0n) is 14.6. The predicted molar refractivity (Wildman–Crippen MR) is 92.5 cm³/mol. The molecule has 1 amide bonds. The second-order valence-corrected chi connectivity index (χ2v) is 6.83. The Hall–Kier alpha value is -2.01. The molecule has 0 saturated heterocycles. The Morgan fingerprint density at radius 2 is 2.08 bits per heavy atom. The van der Waals surface area contributed by atoms with Crippen molar-refractivity contribution < 1.29 is 19.1 Å². The molecule has 130 valence electrons. The second kappa shape index (κ2) is 6.48. The fraction of sp³-hybridized carbons (Fsp3) is 0.526. The first-order chi connectivity index (χ1) is 11.4. The monoisotopic (exact) mass is 331 g/mol. The Morgan fingerprint density at radius 3 is 2.75 bits per heavy atom. The number of aryl methyl sites for hydroxylation is 1. The third-order valence-corrected chi connectivity index (χ3v) is 5.13. The van der Waals surface area contributed by atoms with E-state index in [0.717, 1.165) is 36.6 Å². The summed E-state index contributed by atoms with van der Waals surface area (Å²) >= 11 is 0. The lowest BCUT2D eigenvalue weighted by Crippen LogP contribution is -2.34. The molecule has 1 N–H and O–H groups in total. The van der Waals surface area contributed by atoms with E-state index < -0.39 is 5.60 Å². The third kappa shape index (κ3) is 3.13. The normalized spacial score (nSPS) is 16.5. The number of nitrogens with zero attached hydrogens (tertiary/aromatic N) is 1. The second-order valence-electron chi connectivity index (χ2n) is 6.83. The van der Waals surface area contributed by atoms with Crippen LogP contribution in [0.4, 0.5) is 0 Å². The van der Waals surface area contributed by atoms with Gasteiger partial charge in [-0.2, -0.15) is 0 Å². The Kier molecular flexibility index (Phi) is 4.54. The van der Waals surface area contributed by atoms with Gasteiger partial charge in [0.1, 0.15) is 11.3 Å². The number of rotatable bonds is 5. The molecule has 3 rings (SSSR count). The fourth-order valence-corrected chi connectivity index (χ4v) is 3.47. The van der Waals surface area contributed by atoms with Crippen molar-refractivity contribution in [2.75, 3.05) is 20.7 Å². The molecule has 5 nitrogen and oxygen atoms in total. The fourth-order valence-electron chi connectivity index (χ4n) is 3.47. The van der Waals surface area contributed by atoms with Gasteiger partial charge in [0.05, 0.1) is 12.7 Å². The quantitative estimate of drug-likeness (QED) is 0.910. The number of hydrogen-bond donors (Lipinski definition) is 1. The van der Waals surface area contributed by atoms with E-state index in [1.807, 2.05) is 19.1 Å². The lowest BCUT2D eigenvalue weighted by Gasteiger charge is -2.25. The van der Waals surface area contributed by atoms with Crippen LogP contribution in [-0.4, -0.2) is 42.2 Å². The molecular weight excluding hydrogens is 306 g/mol. The maximum atomic E-state index is 12.7. The molecule has 1 aliphatic rings. The van der Waals surface area contributed by atoms with Crippen LogP contribution < -0.4 is 4.74 Å². The van der Waals surface area contributed by atoms with Gasteiger partial charge in [-0.3, -0.25) is 4.79 Å². The summed E-state index contributed by atoms with van der Waals surface area (Å²) in [5, 5.41) is 11.4. The van der Waals surface area contributed by atoms with Gasteiger partial charge < -0.3 is 19.2 Å². The van der Waals surface area contributed by atoms with Gasteiger partial charge in [0.15, 0.2) is 5.76 Å². The molecule has 0 radical (unpaired) electrons. The molecule has 1 saturated carbocycles.